The summed E-state index contributed by atoms with van der Waals surface area (Å²) in [6, 6.07) is 0. The van der Waals surface area contributed by atoms with Crippen LogP contribution in [0.3, 0.4) is 0 Å². The zero-order chi connectivity index (χ0) is 9.14. The molecule has 0 aliphatic heterocycles. The van der Waals surface area contributed by atoms with Crippen molar-refractivity contribution >= 4 is 5.78 Å². The van der Waals surface area contributed by atoms with Gasteiger partial charge in [-0.3, -0.25) is 4.79 Å². The minimum absolute atomic E-state index is 0.0694. The summed E-state index contributed by atoms with van der Waals surface area (Å²) < 4.78 is 0. The Bertz CT molecular complexity index is 223. The molecular formula is C10H14O2. The highest BCUT2D eigenvalue weighted by atomic mass is 16.3. The second-order valence-electron chi connectivity index (χ2n) is 3.17. The topological polar surface area (TPSA) is 37.3 Å². The molecule has 12 heavy (non-hydrogen) atoms. The van der Waals surface area contributed by atoms with Crippen LogP contribution in [0.2, 0.25) is 0 Å². The predicted octanol–water partition coefficient (Wildman–Crippen LogP) is 2.52. The van der Waals surface area contributed by atoms with Crippen LogP contribution in [0.25, 0.3) is 0 Å². The molecule has 1 N–H and O–H groups in total. The molecule has 0 aromatic rings. The van der Waals surface area contributed by atoms with Crippen LogP contribution in [0.15, 0.2) is 23.5 Å². The molecule has 0 aromatic carbocycles. The highest BCUT2D eigenvalue weighted by molar-refractivity contribution is 5.94. The Morgan fingerprint density at radius 2 is 1.83 bits per heavy atom. The molecule has 0 unspecified atom stereocenters. The van der Waals surface area contributed by atoms with E-state index >= 15 is 0 Å². The largest absolute Gasteiger partial charge is 0.508 e. The summed E-state index contributed by atoms with van der Waals surface area (Å²) in [5.74, 6) is 0.139. The van der Waals surface area contributed by atoms with Crippen LogP contribution in [-0.4, -0.2) is 10.9 Å². The van der Waals surface area contributed by atoms with Gasteiger partial charge in [0.05, 0.1) is 0 Å². The number of aliphatic hydroxyl groups excluding tert-OH is 1. The molecule has 1 rings (SSSR count). The molecule has 0 atom stereocenters. The molecule has 0 saturated carbocycles. The number of rotatable bonds is 2. The maximum atomic E-state index is 11.1. The summed E-state index contributed by atoms with van der Waals surface area (Å²) in [7, 11) is 0. The minimum atomic E-state index is 0.0694. The molecule has 66 valence electrons. The molecular weight excluding hydrogens is 152 g/mol. The summed E-state index contributed by atoms with van der Waals surface area (Å²) in [5, 5.41) is 9.19. The van der Waals surface area contributed by atoms with Crippen molar-refractivity contribution in [2.75, 3.05) is 0 Å². The Kier molecular flexibility index (Phi) is 2.69. The van der Waals surface area contributed by atoms with Gasteiger partial charge in [0.1, 0.15) is 5.76 Å². The van der Waals surface area contributed by atoms with Gasteiger partial charge in [-0.1, -0.05) is 6.58 Å². The van der Waals surface area contributed by atoms with Crippen molar-refractivity contribution in [3.8, 4) is 0 Å². The van der Waals surface area contributed by atoms with Crippen LogP contribution < -0.4 is 0 Å². The van der Waals surface area contributed by atoms with E-state index in [1.807, 2.05) is 0 Å². The standard InChI is InChI=1S/C10H14O2/c1-7(11)9-5-3-4-6-10(9)8(2)12/h11H,1,3-6H2,2H3. The van der Waals surface area contributed by atoms with Crippen LogP contribution in [0.1, 0.15) is 32.6 Å². The van der Waals surface area contributed by atoms with Crippen molar-refractivity contribution in [3.05, 3.63) is 23.5 Å². The third-order valence-electron chi connectivity index (χ3n) is 2.24. The molecule has 1 aliphatic rings. The van der Waals surface area contributed by atoms with Crippen molar-refractivity contribution in [2.45, 2.75) is 32.6 Å². The van der Waals surface area contributed by atoms with E-state index in [2.05, 4.69) is 6.58 Å². The first kappa shape index (κ1) is 9.04. The maximum Gasteiger partial charge on any atom is 0.156 e. The molecule has 2 nitrogen and oxygen atoms in total. The van der Waals surface area contributed by atoms with Crippen LogP contribution >= 0.6 is 0 Å². The van der Waals surface area contributed by atoms with Crippen molar-refractivity contribution in [1.82, 2.24) is 0 Å². The monoisotopic (exact) mass is 166 g/mol. The molecule has 0 aromatic heterocycles. The number of carbonyl (C=O) groups excluding carboxylic acids is 1. The van der Waals surface area contributed by atoms with Gasteiger partial charge < -0.3 is 5.11 Å². The SMILES string of the molecule is C=C(O)C1=C(C(C)=O)CCCC1. The molecule has 0 saturated heterocycles. The van der Waals surface area contributed by atoms with Crippen molar-refractivity contribution in [3.63, 3.8) is 0 Å². The van der Waals surface area contributed by atoms with E-state index in [1.54, 1.807) is 6.92 Å². The first-order chi connectivity index (χ1) is 5.63. The number of aliphatic hydroxyl groups is 1. The van der Waals surface area contributed by atoms with Gasteiger partial charge in [0.15, 0.2) is 5.78 Å². The molecule has 0 fully saturated rings. The van der Waals surface area contributed by atoms with E-state index in [1.165, 1.54) is 0 Å². The van der Waals surface area contributed by atoms with E-state index in [0.29, 0.717) is 0 Å². The van der Waals surface area contributed by atoms with Crippen molar-refractivity contribution in [2.24, 2.45) is 0 Å². The highest BCUT2D eigenvalue weighted by Crippen LogP contribution is 2.28. The quantitative estimate of drug-likeness (QED) is 0.640. The fraction of sp³-hybridized carbons (Fsp3) is 0.500. The molecule has 0 spiro atoms. The maximum absolute atomic E-state index is 11.1. The lowest BCUT2D eigenvalue weighted by molar-refractivity contribution is -0.113. The zero-order valence-electron chi connectivity index (χ0n) is 7.39. The summed E-state index contributed by atoms with van der Waals surface area (Å²) in [6.07, 6.45) is 3.69. The van der Waals surface area contributed by atoms with E-state index in [0.717, 1.165) is 36.8 Å². The minimum Gasteiger partial charge on any atom is -0.508 e. The molecule has 0 radical (unpaired) electrons. The van der Waals surface area contributed by atoms with Crippen LogP contribution in [0, 0.1) is 0 Å². The van der Waals surface area contributed by atoms with Crippen molar-refractivity contribution in [1.29, 1.82) is 0 Å². The molecule has 1 aliphatic carbocycles. The third kappa shape index (κ3) is 1.76. The summed E-state index contributed by atoms with van der Waals surface area (Å²) in [4.78, 5) is 11.1. The first-order valence-electron chi connectivity index (χ1n) is 4.24. The van der Waals surface area contributed by atoms with Crippen LogP contribution in [-0.2, 0) is 4.79 Å². The fourth-order valence-electron chi connectivity index (χ4n) is 1.61. The van der Waals surface area contributed by atoms with Gasteiger partial charge in [-0.15, -0.1) is 0 Å². The number of ketones is 1. The normalized spacial score (nSPS) is 17.8. The molecule has 2 heteroatoms. The number of allylic oxidation sites excluding steroid dienone is 2. The van der Waals surface area contributed by atoms with Gasteiger partial charge in [0.25, 0.3) is 0 Å². The fourth-order valence-corrected chi connectivity index (χ4v) is 1.61. The average molecular weight is 166 g/mol. The summed E-state index contributed by atoms with van der Waals surface area (Å²) in [5.41, 5.74) is 1.54. The number of hydrogen-bond acceptors (Lipinski definition) is 2. The van der Waals surface area contributed by atoms with Gasteiger partial charge in [0, 0.05) is 5.57 Å². The second-order valence-corrected chi connectivity index (χ2v) is 3.17. The van der Waals surface area contributed by atoms with E-state index < -0.39 is 0 Å². The van der Waals surface area contributed by atoms with E-state index in [9.17, 15) is 9.90 Å². The number of carbonyl (C=O) groups is 1. The third-order valence-corrected chi connectivity index (χ3v) is 2.24. The zero-order valence-corrected chi connectivity index (χ0v) is 7.39. The lowest BCUT2D eigenvalue weighted by Crippen LogP contribution is -2.08. The Balaban J connectivity index is 2.99. The highest BCUT2D eigenvalue weighted by Gasteiger charge is 2.17. The van der Waals surface area contributed by atoms with Crippen LogP contribution in [0.4, 0.5) is 0 Å². The lowest BCUT2D eigenvalue weighted by atomic mass is 9.89. The molecule has 0 heterocycles. The predicted molar refractivity (Wildman–Crippen MR) is 47.9 cm³/mol. The van der Waals surface area contributed by atoms with E-state index in [-0.39, 0.29) is 11.5 Å². The molecule has 0 bridgehead atoms. The summed E-state index contributed by atoms with van der Waals surface area (Å²) in [6.45, 7) is 5.00. The van der Waals surface area contributed by atoms with Gasteiger partial charge >= 0.3 is 0 Å². The smallest absolute Gasteiger partial charge is 0.156 e. The average Bonchev–Trinajstić information content (AvgIpc) is 2.04. The van der Waals surface area contributed by atoms with Gasteiger partial charge in [0.2, 0.25) is 0 Å². The lowest BCUT2D eigenvalue weighted by Gasteiger charge is -2.17. The van der Waals surface area contributed by atoms with E-state index in [4.69, 9.17) is 0 Å². The number of Topliss-reactive ketones (excluding diaryl/α,β-unsaturated/α-hetero) is 1. The molecule has 0 amide bonds. The Morgan fingerprint density at radius 1 is 1.33 bits per heavy atom. The second kappa shape index (κ2) is 3.57. The van der Waals surface area contributed by atoms with Gasteiger partial charge in [-0.2, -0.15) is 0 Å². The Labute approximate surface area is 72.6 Å². The number of hydrogen-bond donors (Lipinski definition) is 1. The van der Waals surface area contributed by atoms with Crippen molar-refractivity contribution < 1.29 is 9.90 Å². The Morgan fingerprint density at radius 3 is 2.17 bits per heavy atom. The van der Waals surface area contributed by atoms with Gasteiger partial charge in [-0.25, -0.2) is 0 Å². The first-order valence-corrected chi connectivity index (χ1v) is 4.24. The van der Waals surface area contributed by atoms with Gasteiger partial charge in [-0.05, 0) is 38.2 Å². The summed E-state index contributed by atoms with van der Waals surface area (Å²) >= 11 is 0. The Hall–Kier alpha value is -1.05. The van der Waals surface area contributed by atoms with Crippen LogP contribution in [0.5, 0.6) is 0 Å².